The highest BCUT2D eigenvalue weighted by Crippen LogP contribution is 2.35. The lowest BCUT2D eigenvalue weighted by Crippen LogP contribution is -2.12. The summed E-state index contributed by atoms with van der Waals surface area (Å²) in [5, 5.41) is 8.77. The van der Waals surface area contributed by atoms with Crippen molar-refractivity contribution < 1.29 is 14.3 Å². The van der Waals surface area contributed by atoms with E-state index in [2.05, 4.69) is 15.6 Å². The number of rotatable bonds is 4. The molecule has 0 aliphatic carbocycles. The van der Waals surface area contributed by atoms with Crippen molar-refractivity contribution in [3.05, 3.63) is 58.6 Å². The fourth-order valence-corrected chi connectivity index (χ4v) is 3.20. The van der Waals surface area contributed by atoms with E-state index in [0.717, 1.165) is 5.69 Å². The number of aromatic nitrogens is 1. The van der Waals surface area contributed by atoms with E-state index in [-0.39, 0.29) is 12.7 Å². The Morgan fingerprint density at radius 1 is 1.12 bits per heavy atom. The third-order valence-electron chi connectivity index (χ3n) is 3.44. The molecule has 0 radical (unpaired) electrons. The molecule has 0 bridgehead atoms. The van der Waals surface area contributed by atoms with E-state index in [9.17, 15) is 4.79 Å². The number of benzene rings is 2. The molecule has 126 valence electrons. The molecule has 6 nitrogen and oxygen atoms in total. The maximum Gasteiger partial charge on any atom is 0.275 e. The molecule has 2 heterocycles. The molecule has 1 aliphatic heterocycles. The van der Waals surface area contributed by atoms with Gasteiger partial charge in [0.2, 0.25) is 6.79 Å². The molecule has 2 N–H and O–H groups in total. The van der Waals surface area contributed by atoms with Gasteiger partial charge in [0.25, 0.3) is 5.91 Å². The van der Waals surface area contributed by atoms with E-state index in [0.29, 0.717) is 33.0 Å². The van der Waals surface area contributed by atoms with E-state index >= 15 is 0 Å². The number of thiazole rings is 1. The van der Waals surface area contributed by atoms with Gasteiger partial charge in [-0.1, -0.05) is 17.7 Å². The van der Waals surface area contributed by atoms with Crippen LogP contribution >= 0.6 is 22.9 Å². The largest absolute Gasteiger partial charge is 0.454 e. The van der Waals surface area contributed by atoms with E-state index in [4.69, 9.17) is 21.1 Å². The molecule has 0 saturated heterocycles. The van der Waals surface area contributed by atoms with Gasteiger partial charge in [-0.25, -0.2) is 4.98 Å². The maximum absolute atomic E-state index is 12.3. The molecule has 2 aromatic carbocycles. The second kappa shape index (κ2) is 6.62. The van der Waals surface area contributed by atoms with Crippen molar-refractivity contribution in [3.8, 4) is 11.5 Å². The Morgan fingerprint density at radius 2 is 2.00 bits per heavy atom. The first-order chi connectivity index (χ1) is 12.2. The van der Waals surface area contributed by atoms with Crippen LogP contribution in [0.4, 0.5) is 16.5 Å². The molecular weight excluding hydrogens is 362 g/mol. The summed E-state index contributed by atoms with van der Waals surface area (Å²) in [6.45, 7) is 0.226. The SMILES string of the molecule is O=C(Nc1cccc(Cl)c1)c1csc(Nc2ccc3c(c2)OCO3)n1. The van der Waals surface area contributed by atoms with Crippen LogP contribution in [0, 0.1) is 0 Å². The van der Waals surface area contributed by atoms with E-state index in [1.165, 1.54) is 11.3 Å². The highest BCUT2D eigenvalue weighted by molar-refractivity contribution is 7.14. The Balaban J connectivity index is 1.45. The highest BCUT2D eigenvalue weighted by atomic mass is 35.5. The molecule has 1 amide bonds. The number of anilines is 3. The van der Waals surface area contributed by atoms with Gasteiger partial charge in [-0.15, -0.1) is 11.3 Å². The summed E-state index contributed by atoms with van der Waals surface area (Å²) in [6.07, 6.45) is 0. The molecule has 8 heteroatoms. The summed E-state index contributed by atoms with van der Waals surface area (Å²) >= 11 is 7.25. The molecule has 0 atom stereocenters. The first-order valence-electron chi connectivity index (χ1n) is 7.36. The van der Waals surface area contributed by atoms with Crippen LogP contribution in [-0.2, 0) is 0 Å². The second-order valence-electron chi connectivity index (χ2n) is 5.20. The lowest BCUT2D eigenvalue weighted by Gasteiger charge is -2.04. The molecule has 4 rings (SSSR count). The van der Waals surface area contributed by atoms with Crippen LogP contribution in [0.5, 0.6) is 11.5 Å². The topological polar surface area (TPSA) is 72.5 Å². The van der Waals surface area contributed by atoms with Crippen LogP contribution < -0.4 is 20.1 Å². The molecule has 1 aliphatic rings. The average molecular weight is 374 g/mol. The van der Waals surface area contributed by atoms with Gasteiger partial charge in [-0.3, -0.25) is 4.79 Å². The number of halogens is 1. The maximum atomic E-state index is 12.3. The summed E-state index contributed by atoms with van der Waals surface area (Å²) < 4.78 is 10.6. The van der Waals surface area contributed by atoms with Crippen molar-refractivity contribution >= 4 is 45.4 Å². The number of ether oxygens (including phenoxy) is 2. The minimum atomic E-state index is -0.294. The van der Waals surface area contributed by atoms with Crippen LogP contribution in [0.1, 0.15) is 10.5 Å². The van der Waals surface area contributed by atoms with Crippen LogP contribution in [0.2, 0.25) is 5.02 Å². The third-order valence-corrected chi connectivity index (χ3v) is 4.44. The molecule has 0 unspecified atom stereocenters. The predicted octanol–water partition coefficient (Wildman–Crippen LogP) is 4.52. The number of carbonyl (C=O) groups is 1. The lowest BCUT2D eigenvalue weighted by molar-refractivity contribution is 0.102. The molecule has 25 heavy (non-hydrogen) atoms. The van der Waals surface area contributed by atoms with Gasteiger partial charge in [0.05, 0.1) is 0 Å². The van der Waals surface area contributed by atoms with Crippen LogP contribution in [0.15, 0.2) is 47.8 Å². The smallest absolute Gasteiger partial charge is 0.275 e. The zero-order valence-electron chi connectivity index (χ0n) is 12.8. The minimum Gasteiger partial charge on any atom is -0.454 e. The Morgan fingerprint density at radius 3 is 2.88 bits per heavy atom. The number of nitrogens with zero attached hydrogens (tertiary/aromatic N) is 1. The zero-order chi connectivity index (χ0) is 17.2. The highest BCUT2D eigenvalue weighted by Gasteiger charge is 2.15. The minimum absolute atomic E-state index is 0.226. The summed E-state index contributed by atoms with van der Waals surface area (Å²) in [5.41, 5.74) is 1.75. The number of hydrogen-bond donors (Lipinski definition) is 2. The van der Waals surface area contributed by atoms with Gasteiger partial charge in [0.1, 0.15) is 5.69 Å². The Bertz CT molecular complexity index is 944. The lowest BCUT2D eigenvalue weighted by atomic mass is 10.3. The number of amides is 1. The normalized spacial score (nSPS) is 12.0. The van der Waals surface area contributed by atoms with Gasteiger partial charge in [-0.2, -0.15) is 0 Å². The molecule has 0 saturated carbocycles. The molecule has 0 fully saturated rings. The Labute approximate surface area is 152 Å². The Kier molecular flexibility index (Phi) is 4.17. The number of nitrogens with one attached hydrogen (secondary N) is 2. The molecule has 1 aromatic heterocycles. The van der Waals surface area contributed by atoms with Crippen molar-refractivity contribution in [2.24, 2.45) is 0 Å². The van der Waals surface area contributed by atoms with E-state index in [1.54, 1.807) is 29.6 Å². The van der Waals surface area contributed by atoms with E-state index in [1.807, 2.05) is 18.2 Å². The van der Waals surface area contributed by atoms with Crippen molar-refractivity contribution in [1.82, 2.24) is 4.98 Å². The molecule has 3 aromatic rings. The van der Waals surface area contributed by atoms with Crippen LogP contribution in [0.3, 0.4) is 0 Å². The van der Waals surface area contributed by atoms with Gasteiger partial charge in [-0.05, 0) is 30.3 Å². The summed E-state index contributed by atoms with van der Waals surface area (Å²) in [7, 11) is 0. The van der Waals surface area contributed by atoms with E-state index < -0.39 is 0 Å². The predicted molar refractivity (Wildman–Crippen MR) is 97.4 cm³/mol. The molecule has 0 spiro atoms. The van der Waals surface area contributed by atoms with Crippen LogP contribution in [0.25, 0.3) is 0 Å². The van der Waals surface area contributed by atoms with Crippen LogP contribution in [-0.4, -0.2) is 17.7 Å². The first-order valence-corrected chi connectivity index (χ1v) is 8.62. The molecular formula is C17H12ClN3O3S. The number of hydrogen-bond acceptors (Lipinski definition) is 6. The Hall–Kier alpha value is -2.77. The van der Waals surface area contributed by atoms with Crippen molar-refractivity contribution in [2.75, 3.05) is 17.4 Å². The number of fused-ring (bicyclic) bond motifs is 1. The van der Waals surface area contributed by atoms with Gasteiger partial charge in [0, 0.05) is 27.8 Å². The summed E-state index contributed by atoms with van der Waals surface area (Å²) in [4.78, 5) is 16.6. The quantitative estimate of drug-likeness (QED) is 0.703. The fourth-order valence-electron chi connectivity index (χ4n) is 2.29. The van der Waals surface area contributed by atoms with Gasteiger partial charge in [0.15, 0.2) is 16.6 Å². The van der Waals surface area contributed by atoms with Gasteiger partial charge >= 0.3 is 0 Å². The zero-order valence-corrected chi connectivity index (χ0v) is 14.4. The monoisotopic (exact) mass is 373 g/mol. The second-order valence-corrected chi connectivity index (χ2v) is 6.49. The standard InChI is InChI=1S/C17H12ClN3O3S/c18-10-2-1-3-11(6-10)19-16(22)13-8-25-17(21-13)20-12-4-5-14-15(7-12)24-9-23-14/h1-8H,9H2,(H,19,22)(H,20,21). The summed E-state index contributed by atoms with van der Waals surface area (Å²) in [6, 6.07) is 12.5. The average Bonchev–Trinajstić information content (AvgIpc) is 3.23. The van der Waals surface area contributed by atoms with Crippen molar-refractivity contribution in [3.63, 3.8) is 0 Å². The first kappa shape index (κ1) is 15.7. The third kappa shape index (κ3) is 3.52. The van der Waals surface area contributed by atoms with Crippen molar-refractivity contribution in [1.29, 1.82) is 0 Å². The number of carbonyl (C=O) groups excluding carboxylic acids is 1. The fraction of sp³-hybridized carbons (Fsp3) is 0.0588. The van der Waals surface area contributed by atoms with Gasteiger partial charge < -0.3 is 20.1 Å². The van der Waals surface area contributed by atoms with Crippen molar-refractivity contribution in [2.45, 2.75) is 0 Å². The summed E-state index contributed by atoms with van der Waals surface area (Å²) in [5.74, 6) is 1.10.